The van der Waals surface area contributed by atoms with E-state index in [-0.39, 0.29) is 11.0 Å². The van der Waals surface area contributed by atoms with E-state index in [9.17, 15) is 0 Å². The Morgan fingerprint density at radius 2 is 1.73 bits per heavy atom. The minimum absolute atomic E-state index is 0.0501. The fourth-order valence-corrected chi connectivity index (χ4v) is 1.17. The lowest BCUT2D eigenvalue weighted by atomic mass is 9.92. The molecule has 0 aliphatic heterocycles. The quantitative estimate of drug-likeness (QED) is 0.817. The Labute approximate surface area is 91.5 Å². The van der Waals surface area contributed by atoms with E-state index in [0.29, 0.717) is 6.01 Å². The van der Waals surface area contributed by atoms with Gasteiger partial charge in [0.1, 0.15) is 0 Å². The molecule has 0 bridgehead atoms. The van der Waals surface area contributed by atoms with Crippen molar-refractivity contribution in [2.45, 2.75) is 53.5 Å². The molecule has 0 saturated heterocycles. The van der Waals surface area contributed by atoms with Gasteiger partial charge in [0.2, 0.25) is 0 Å². The zero-order valence-electron chi connectivity index (χ0n) is 10.5. The van der Waals surface area contributed by atoms with Crippen LogP contribution in [0.15, 0.2) is 4.52 Å². The van der Waals surface area contributed by atoms with Crippen molar-refractivity contribution < 1.29 is 4.52 Å². The van der Waals surface area contributed by atoms with E-state index < -0.39 is 0 Å². The molecule has 1 aromatic heterocycles. The summed E-state index contributed by atoms with van der Waals surface area (Å²) in [7, 11) is 0. The molecule has 0 spiro atoms. The minimum atomic E-state index is -0.0501. The maximum absolute atomic E-state index is 5.11. The number of aromatic nitrogens is 2. The van der Waals surface area contributed by atoms with E-state index in [1.807, 2.05) is 0 Å². The van der Waals surface area contributed by atoms with Gasteiger partial charge >= 0.3 is 6.01 Å². The van der Waals surface area contributed by atoms with Crippen molar-refractivity contribution in [2.24, 2.45) is 5.41 Å². The molecule has 1 heterocycles. The van der Waals surface area contributed by atoms with Crippen LogP contribution in [-0.4, -0.2) is 15.7 Å². The highest BCUT2D eigenvalue weighted by Gasteiger charge is 2.18. The van der Waals surface area contributed by atoms with Crippen LogP contribution in [0.5, 0.6) is 0 Å². The molecule has 0 aromatic carbocycles. The maximum atomic E-state index is 5.11. The first-order chi connectivity index (χ1) is 6.66. The summed E-state index contributed by atoms with van der Waals surface area (Å²) in [4.78, 5) is 4.29. The van der Waals surface area contributed by atoms with Crippen LogP contribution in [-0.2, 0) is 6.42 Å². The van der Waals surface area contributed by atoms with E-state index in [2.05, 4.69) is 57.0 Å². The standard InChI is InChI=1S/C11H21N3O/c1-10(2,3)7-8-12-9(15-14-8)13-11(4,5)6/h7H2,1-6H3,(H,12,13,14). The van der Waals surface area contributed by atoms with Crippen molar-refractivity contribution in [3.8, 4) is 0 Å². The summed E-state index contributed by atoms with van der Waals surface area (Å²) in [5.74, 6) is 0.759. The summed E-state index contributed by atoms with van der Waals surface area (Å²) in [6.45, 7) is 12.6. The zero-order valence-corrected chi connectivity index (χ0v) is 10.5. The predicted molar refractivity (Wildman–Crippen MR) is 60.8 cm³/mol. The van der Waals surface area contributed by atoms with Crippen molar-refractivity contribution in [1.29, 1.82) is 0 Å². The van der Waals surface area contributed by atoms with Gasteiger partial charge in [-0.25, -0.2) is 0 Å². The first kappa shape index (κ1) is 12.0. The van der Waals surface area contributed by atoms with Gasteiger partial charge in [-0.15, -0.1) is 0 Å². The maximum Gasteiger partial charge on any atom is 0.321 e. The van der Waals surface area contributed by atoms with Crippen LogP contribution in [0.1, 0.15) is 47.4 Å². The first-order valence-electron chi connectivity index (χ1n) is 5.26. The molecule has 1 aromatic rings. The number of nitrogens with zero attached hydrogens (tertiary/aromatic N) is 2. The zero-order chi connectivity index (χ0) is 11.7. The average molecular weight is 211 g/mol. The lowest BCUT2D eigenvalue weighted by Gasteiger charge is -2.17. The van der Waals surface area contributed by atoms with Gasteiger partial charge in [0.25, 0.3) is 0 Å². The van der Waals surface area contributed by atoms with Crippen molar-refractivity contribution in [2.75, 3.05) is 5.32 Å². The Bertz CT molecular complexity index is 287. The SMILES string of the molecule is CC(C)(C)Cc1noc(NC(C)(C)C)n1. The molecule has 1 N–H and O–H groups in total. The Morgan fingerprint density at radius 1 is 1.13 bits per heavy atom. The number of hydrogen-bond donors (Lipinski definition) is 1. The van der Waals surface area contributed by atoms with Crippen molar-refractivity contribution in [3.05, 3.63) is 5.82 Å². The van der Waals surface area contributed by atoms with Crippen LogP contribution in [0, 0.1) is 5.41 Å². The monoisotopic (exact) mass is 211 g/mol. The summed E-state index contributed by atoms with van der Waals surface area (Å²) >= 11 is 0. The van der Waals surface area contributed by atoms with Gasteiger partial charge in [0, 0.05) is 12.0 Å². The van der Waals surface area contributed by atoms with E-state index in [4.69, 9.17) is 4.52 Å². The van der Waals surface area contributed by atoms with Crippen LogP contribution in [0.25, 0.3) is 0 Å². The Kier molecular flexibility index (Phi) is 3.07. The molecule has 15 heavy (non-hydrogen) atoms. The van der Waals surface area contributed by atoms with E-state index in [1.165, 1.54) is 0 Å². The molecule has 0 saturated carbocycles. The highest BCUT2D eigenvalue weighted by atomic mass is 16.5. The van der Waals surface area contributed by atoms with E-state index >= 15 is 0 Å². The van der Waals surface area contributed by atoms with Crippen molar-refractivity contribution in [1.82, 2.24) is 10.1 Å². The molecular weight excluding hydrogens is 190 g/mol. The molecule has 4 nitrogen and oxygen atoms in total. The Hall–Kier alpha value is -1.06. The molecule has 1 rings (SSSR count). The highest BCUT2D eigenvalue weighted by Crippen LogP contribution is 2.20. The average Bonchev–Trinajstić information content (AvgIpc) is 2.28. The molecule has 0 fully saturated rings. The van der Waals surface area contributed by atoms with Gasteiger partial charge in [-0.1, -0.05) is 25.9 Å². The van der Waals surface area contributed by atoms with Crippen LogP contribution >= 0.6 is 0 Å². The molecule has 0 unspecified atom stereocenters. The summed E-state index contributed by atoms with van der Waals surface area (Å²) < 4.78 is 5.11. The first-order valence-corrected chi connectivity index (χ1v) is 5.26. The Morgan fingerprint density at radius 3 is 2.20 bits per heavy atom. The van der Waals surface area contributed by atoms with Crippen LogP contribution < -0.4 is 5.32 Å². The molecule has 0 aliphatic carbocycles. The van der Waals surface area contributed by atoms with Crippen LogP contribution in [0.3, 0.4) is 0 Å². The van der Waals surface area contributed by atoms with Gasteiger partial charge in [-0.05, 0) is 26.2 Å². The fraction of sp³-hybridized carbons (Fsp3) is 0.818. The van der Waals surface area contributed by atoms with Gasteiger partial charge in [0.05, 0.1) is 0 Å². The highest BCUT2D eigenvalue weighted by molar-refractivity contribution is 5.22. The number of anilines is 1. The lowest BCUT2D eigenvalue weighted by Crippen LogP contribution is -2.26. The van der Waals surface area contributed by atoms with Crippen LogP contribution in [0.2, 0.25) is 0 Å². The summed E-state index contributed by atoms with van der Waals surface area (Å²) in [5.41, 5.74) is 0.133. The smallest absolute Gasteiger partial charge is 0.321 e. The third kappa shape index (κ3) is 4.81. The third-order valence-electron chi connectivity index (χ3n) is 1.64. The van der Waals surface area contributed by atoms with E-state index in [0.717, 1.165) is 12.2 Å². The van der Waals surface area contributed by atoms with Gasteiger partial charge in [-0.3, -0.25) is 0 Å². The fourth-order valence-electron chi connectivity index (χ4n) is 1.17. The molecular formula is C11H21N3O. The van der Waals surface area contributed by atoms with Gasteiger partial charge in [-0.2, -0.15) is 4.98 Å². The number of nitrogens with one attached hydrogen (secondary N) is 1. The normalized spacial score (nSPS) is 12.9. The summed E-state index contributed by atoms with van der Waals surface area (Å²) in [5, 5.41) is 7.08. The summed E-state index contributed by atoms with van der Waals surface area (Å²) in [6.07, 6.45) is 0.822. The third-order valence-corrected chi connectivity index (χ3v) is 1.64. The molecule has 0 aliphatic rings. The molecule has 0 atom stereocenters. The summed E-state index contributed by atoms with van der Waals surface area (Å²) in [6, 6.07) is 0.502. The molecule has 0 amide bonds. The largest absolute Gasteiger partial charge is 0.333 e. The molecule has 4 heteroatoms. The van der Waals surface area contributed by atoms with Crippen LogP contribution in [0.4, 0.5) is 6.01 Å². The predicted octanol–water partition coefficient (Wildman–Crippen LogP) is 2.87. The molecule has 86 valence electrons. The minimum Gasteiger partial charge on any atom is -0.333 e. The lowest BCUT2D eigenvalue weighted by molar-refractivity contribution is 0.372. The Balaban J connectivity index is 2.65. The number of hydrogen-bond acceptors (Lipinski definition) is 4. The second kappa shape index (κ2) is 3.83. The second-order valence-corrected chi connectivity index (χ2v) is 6.13. The van der Waals surface area contributed by atoms with E-state index in [1.54, 1.807) is 0 Å². The van der Waals surface area contributed by atoms with Gasteiger partial charge in [0.15, 0.2) is 5.82 Å². The topological polar surface area (TPSA) is 51.0 Å². The molecule has 0 radical (unpaired) electrons. The second-order valence-electron chi connectivity index (χ2n) is 6.13. The van der Waals surface area contributed by atoms with Crippen molar-refractivity contribution >= 4 is 6.01 Å². The number of rotatable bonds is 2. The van der Waals surface area contributed by atoms with Crippen molar-refractivity contribution in [3.63, 3.8) is 0 Å². The van der Waals surface area contributed by atoms with Gasteiger partial charge < -0.3 is 9.84 Å².